The maximum absolute atomic E-state index is 14.2. The Hall–Kier alpha value is -5.45. The Morgan fingerprint density at radius 3 is 2.38 bits per heavy atom. The standard InChI is InChI=1S/C31H31BClFN5O15PS/c33-23-18(7-9-20(40)25(23)41)27(42)35-10-1-13-56(52,53)39-12-11-38(31(39)47)30(46)37-24(15-2-5-17(6-3-15)55(49,50)51)28(43)36-21-14-16-4-8-19(34)22(29(44)45)26(16)54-32(21)48/h2-9,21,24,40-41,48H,1,10-14H2,(H,35,42)(H,36,43)(H,37,46)(H,44,45)(H2,49,50,51)/t21-,24-/m0/s1. The van der Waals surface area contributed by atoms with E-state index in [4.69, 9.17) is 16.3 Å². The van der Waals surface area contributed by atoms with Crippen molar-refractivity contribution in [3.05, 3.63) is 81.6 Å². The molecule has 6 amide bonds. The smallest absolute Gasteiger partial charge is 0.534 e. The molecule has 0 radical (unpaired) electrons. The Labute approximate surface area is 321 Å². The number of amides is 6. The highest BCUT2D eigenvalue weighted by Gasteiger charge is 2.43. The number of carboxylic acids is 1. The van der Waals surface area contributed by atoms with Crippen molar-refractivity contribution in [3.8, 4) is 17.2 Å². The Morgan fingerprint density at radius 2 is 1.73 bits per heavy atom. The maximum atomic E-state index is 14.2. The zero-order valence-corrected chi connectivity index (χ0v) is 30.9. The number of urea groups is 2. The van der Waals surface area contributed by atoms with E-state index >= 15 is 0 Å². The summed E-state index contributed by atoms with van der Waals surface area (Å²) < 4.78 is 57.8. The summed E-state index contributed by atoms with van der Waals surface area (Å²) in [6, 6.07) is 4.00. The molecule has 0 unspecified atom stereocenters. The second-order valence-corrected chi connectivity index (χ2v) is 16.3. The minimum absolute atomic E-state index is 0.0862. The van der Waals surface area contributed by atoms with E-state index in [-0.39, 0.29) is 36.1 Å². The Balaban J connectivity index is 1.27. The van der Waals surface area contributed by atoms with Gasteiger partial charge in [0.2, 0.25) is 15.9 Å². The quantitative estimate of drug-likeness (QED) is 0.0508. The fourth-order valence-corrected chi connectivity index (χ4v) is 7.95. The van der Waals surface area contributed by atoms with E-state index in [9.17, 15) is 71.5 Å². The highest BCUT2D eigenvalue weighted by atomic mass is 35.5. The number of rotatable bonds is 12. The summed E-state index contributed by atoms with van der Waals surface area (Å²) in [7, 11) is -11.1. The lowest BCUT2D eigenvalue weighted by molar-refractivity contribution is -0.123. The number of nitrogens with zero attached hydrogens (tertiary/aromatic N) is 2. The molecule has 0 aliphatic carbocycles. The van der Waals surface area contributed by atoms with Gasteiger partial charge in [-0.15, -0.1) is 0 Å². The molecule has 0 aromatic heterocycles. The van der Waals surface area contributed by atoms with E-state index in [1.807, 2.05) is 0 Å². The molecule has 1 fully saturated rings. The van der Waals surface area contributed by atoms with E-state index < -0.39 is 124 Å². The predicted octanol–water partition coefficient (Wildman–Crippen LogP) is 0.169. The molecule has 25 heteroatoms. The number of halogens is 2. The van der Waals surface area contributed by atoms with E-state index in [0.29, 0.717) is 9.21 Å². The predicted molar refractivity (Wildman–Crippen MR) is 191 cm³/mol. The van der Waals surface area contributed by atoms with Crippen molar-refractivity contribution in [2.75, 3.05) is 25.4 Å². The molecule has 1 saturated heterocycles. The number of benzene rings is 3. The normalized spacial score (nSPS) is 16.1. The van der Waals surface area contributed by atoms with E-state index in [1.165, 1.54) is 6.07 Å². The van der Waals surface area contributed by atoms with Crippen LogP contribution in [-0.4, -0.2) is 116 Å². The summed E-state index contributed by atoms with van der Waals surface area (Å²) in [6.07, 6.45) is -0.498. The largest absolute Gasteiger partial charge is 0.547 e. The number of aromatic hydroxyl groups is 2. The van der Waals surface area contributed by atoms with Crippen molar-refractivity contribution in [1.29, 1.82) is 0 Å². The van der Waals surface area contributed by atoms with Crippen molar-refractivity contribution in [2.24, 2.45) is 0 Å². The van der Waals surface area contributed by atoms with E-state index in [2.05, 4.69) is 16.0 Å². The van der Waals surface area contributed by atoms with Crippen molar-refractivity contribution in [3.63, 3.8) is 0 Å². The number of phenolic OH excluding ortho intramolecular Hbond substituents is 2. The number of carboxylic acid groups (broad SMARTS) is 1. The van der Waals surface area contributed by atoms with Crippen LogP contribution >= 0.6 is 19.2 Å². The zero-order valence-electron chi connectivity index (χ0n) is 28.5. The topological polar surface area (TPSA) is 310 Å². The molecule has 2 atom stereocenters. The molecule has 2 heterocycles. The van der Waals surface area contributed by atoms with Crippen molar-refractivity contribution >= 4 is 71.5 Å². The van der Waals surface area contributed by atoms with Crippen LogP contribution in [-0.2, 0) is 25.8 Å². The SMILES string of the molecule is O=C(NCCCS(=O)(=O)N1CCN(C(=O)N[C@H](C(=O)N[C@H]2Cc3ccc(F)c(C(=O)O)c3OB2O)c2ccc(P(=O)(O)O)cc2)C1=O)c1ccc(O)c(O)c1Cl. The van der Waals surface area contributed by atoms with Gasteiger partial charge in [0.25, 0.3) is 5.91 Å². The van der Waals surface area contributed by atoms with Crippen LogP contribution < -0.4 is 25.9 Å². The van der Waals surface area contributed by atoms with Gasteiger partial charge in [-0.2, -0.15) is 0 Å². The number of carbonyl (C=O) groups excluding carboxylic acids is 4. The van der Waals surface area contributed by atoms with Gasteiger partial charge >= 0.3 is 32.7 Å². The molecule has 0 spiro atoms. The second kappa shape index (κ2) is 16.3. The monoisotopic (exact) mass is 841 g/mol. The molecule has 2 aliphatic heterocycles. The van der Waals surface area contributed by atoms with Gasteiger partial charge in [-0.1, -0.05) is 29.8 Å². The molecule has 56 heavy (non-hydrogen) atoms. The number of nitrogens with one attached hydrogen (secondary N) is 3. The lowest BCUT2D eigenvalue weighted by Crippen LogP contribution is -2.56. The number of sulfonamides is 1. The molecule has 2 aliphatic rings. The number of phenols is 2. The van der Waals surface area contributed by atoms with Gasteiger partial charge in [-0.3, -0.25) is 14.2 Å². The average Bonchev–Trinajstić information content (AvgIpc) is 3.53. The van der Waals surface area contributed by atoms with Crippen LogP contribution in [0.5, 0.6) is 17.2 Å². The summed E-state index contributed by atoms with van der Waals surface area (Å²) in [4.78, 5) is 83.9. The molecule has 5 rings (SSSR count). The first kappa shape index (κ1) is 41.7. The van der Waals surface area contributed by atoms with Crippen LogP contribution in [0.15, 0.2) is 48.5 Å². The fraction of sp³-hybridized carbons (Fsp3) is 0.258. The van der Waals surface area contributed by atoms with Crippen molar-refractivity contribution in [1.82, 2.24) is 25.2 Å². The number of aromatic carboxylic acids is 1. The molecule has 0 bridgehead atoms. The minimum Gasteiger partial charge on any atom is -0.534 e. The number of hydrogen-bond donors (Lipinski definition) is 9. The van der Waals surface area contributed by atoms with Gasteiger partial charge in [-0.25, -0.2) is 36.4 Å². The summed E-state index contributed by atoms with van der Waals surface area (Å²) in [5.41, 5.74) is -1.04. The van der Waals surface area contributed by atoms with Gasteiger partial charge in [0.1, 0.15) is 23.2 Å². The number of fused-ring (bicyclic) bond motifs is 1. The van der Waals surface area contributed by atoms with Gasteiger partial charge in [0, 0.05) is 6.54 Å². The highest BCUT2D eigenvalue weighted by Crippen LogP contribution is 2.36. The lowest BCUT2D eigenvalue weighted by atomic mass is 9.72. The van der Waals surface area contributed by atoms with Gasteiger partial charge in [0.15, 0.2) is 11.5 Å². The molecule has 0 saturated carbocycles. The number of imide groups is 1. The first-order chi connectivity index (χ1) is 26.2. The highest BCUT2D eigenvalue weighted by molar-refractivity contribution is 7.89. The van der Waals surface area contributed by atoms with Crippen LogP contribution in [0.2, 0.25) is 5.02 Å². The Bertz CT molecular complexity index is 2270. The van der Waals surface area contributed by atoms with Crippen LogP contribution in [0.3, 0.4) is 0 Å². The molecule has 9 N–H and O–H groups in total. The van der Waals surface area contributed by atoms with Crippen LogP contribution in [0.1, 0.15) is 44.3 Å². The molecular formula is C31H31BClFN5O15PS. The van der Waals surface area contributed by atoms with E-state index in [1.54, 1.807) is 0 Å². The average molecular weight is 842 g/mol. The van der Waals surface area contributed by atoms with Crippen LogP contribution in [0.4, 0.5) is 14.0 Å². The minimum atomic E-state index is -4.75. The molecular weight excluding hydrogens is 811 g/mol. The van der Waals surface area contributed by atoms with E-state index in [0.717, 1.165) is 42.5 Å². The molecule has 3 aromatic rings. The van der Waals surface area contributed by atoms with Crippen molar-refractivity contribution < 1.29 is 76.1 Å². The van der Waals surface area contributed by atoms with Crippen LogP contribution in [0, 0.1) is 5.82 Å². The first-order valence-corrected chi connectivity index (χ1v) is 19.8. The molecule has 298 valence electrons. The summed E-state index contributed by atoms with van der Waals surface area (Å²) >= 11 is 5.87. The third-order valence-corrected chi connectivity index (χ3v) is 11.8. The second-order valence-electron chi connectivity index (χ2n) is 12.3. The zero-order chi connectivity index (χ0) is 41.3. The molecule has 3 aromatic carbocycles. The summed E-state index contributed by atoms with van der Waals surface area (Å²) in [5.74, 6) is -8.43. The van der Waals surface area contributed by atoms with Gasteiger partial charge in [0.05, 0.1) is 40.7 Å². The van der Waals surface area contributed by atoms with Crippen molar-refractivity contribution in [2.45, 2.75) is 24.8 Å². The van der Waals surface area contributed by atoms with Gasteiger partial charge in [-0.05, 0) is 54.3 Å². The first-order valence-electron chi connectivity index (χ1n) is 16.2. The summed E-state index contributed by atoms with van der Waals surface area (Å²) in [6.45, 7) is -1.19. The fourth-order valence-electron chi connectivity index (χ4n) is 5.74. The number of hydrogen-bond acceptors (Lipinski definition) is 12. The Morgan fingerprint density at radius 1 is 1.05 bits per heavy atom. The molecule has 20 nitrogen and oxygen atoms in total. The lowest BCUT2D eigenvalue weighted by Gasteiger charge is -2.30. The van der Waals surface area contributed by atoms with Gasteiger partial charge < -0.3 is 50.7 Å². The summed E-state index contributed by atoms with van der Waals surface area (Å²) in [5, 5.41) is 45.5. The third kappa shape index (κ3) is 8.82. The third-order valence-electron chi connectivity index (χ3n) is 8.60. The Kier molecular flexibility index (Phi) is 12.2. The van der Waals surface area contributed by atoms with Crippen LogP contribution in [0.25, 0.3) is 0 Å². The number of carbonyl (C=O) groups is 5. The maximum Gasteiger partial charge on any atom is 0.547 e.